The van der Waals surface area contributed by atoms with Crippen molar-refractivity contribution in [2.45, 2.75) is 51.4 Å². The Bertz CT molecular complexity index is 1230. The Balaban J connectivity index is 1.53. The standard InChI is InChI=1S/C25H34N6O2S/c1-18(2)24(30-15-13-29(14-16-30)23-8-6-7-20(4)21(23)5)25-26-27-28-31(25)17-34(32,33)22-11-9-19(3)10-12-22/h6-12,18,24H,13-17H2,1-5H3/t24-/m0/s1. The van der Waals surface area contributed by atoms with Crippen molar-refractivity contribution in [1.82, 2.24) is 25.1 Å². The zero-order valence-corrected chi connectivity index (χ0v) is 21.5. The van der Waals surface area contributed by atoms with Crippen LogP contribution >= 0.6 is 0 Å². The number of tetrazole rings is 1. The molecule has 0 bridgehead atoms. The summed E-state index contributed by atoms with van der Waals surface area (Å²) in [7, 11) is -3.57. The van der Waals surface area contributed by atoms with E-state index in [9.17, 15) is 8.42 Å². The molecule has 1 aromatic heterocycles. The summed E-state index contributed by atoms with van der Waals surface area (Å²) in [5.74, 6) is 0.550. The number of piperazine rings is 1. The molecule has 2 heterocycles. The van der Waals surface area contributed by atoms with Gasteiger partial charge >= 0.3 is 0 Å². The molecule has 1 aliphatic heterocycles. The minimum absolute atomic E-state index is 0.0658. The maximum Gasteiger partial charge on any atom is 0.198 e. The number of anilines is 1. The molecule has 0 saturated carbocycles. The highest BCUT2D eigenvalue weighted by atomic mass is 32.2. The molecule has 0 N–H and O–H groups in total. The number of aromatic nitrogens is 4. The van der Waals surface area contributed by atoms with Crippen LogP contribution in [0, 0.1) is 26.7 Å². The van der Waals surface area contributed by atoms with Crippen LogP contribution in [0.2, 0.25) is 0 Å². The van der Waals surface area contributed by atoms with E-state index in [0.29, 0.717) is 5.82 Å². The highest BCUT2D eigenvalue weighted by Crippen LogP contribution is 2.30. The largest absolute Gasteiger partial charge is 0.369 e. The van der Waals surface area contributed by atoms with Crippen LogP contribution in [0.1, 0.15) is 42.4 Å². The second-order valence-electron chi connectivity index (χ2n) is 9.52. The van der Waals surface area contributed by atoms with E-state index in [-0.39, 0.29) is 22.7 Å². The summed E-state index contributed by atoms with van der Waals surface area (Å²) in [5, 5.41) is 12.2. The van der Waals surface area contributed by atoms with Crippen LogP contribution in [0.5, 0.6) is 0 Å². The van der Waals surface area contributed by atoms with Gasteiger partial charge in [-0.3, -0.25) is 4.90 Å². The molecule has 4 rings (SSSR count). The second-order valence-corrected chi connectivity index (χ2v) is 11.5. The third-order valence-electron chi connectivity index (χ3n) is 6.75. The molecule has 34 heavy (non-hydrogen) atoms. The van der Waals surface area contributed by atoms with Crippen LogP contribution in [0.25, 0.3) is 0 Å². The Kier molecular flexibility index (Phi) is 7.04. The maximum absolute atomic E-state index is 13.1. The molecule has 9 heteroatoms. The Hall–Kier alpha value is -2.78. The Morgan fingerprint density at radius 1 is 0.941 bits per heavy atom. The molecule has 0 aliphatic carbocycles. The van der Waals surface area contributed by atoms with Crippen molar-refractivity contribution in [3.8, 4) is 0 Å². The molecule has 0 spiro atoms. The monoisotopic (exact) mass is 482 g/mol. The Morgan fingerprint density at radius 3 is 2.26 bits per heavy atom. The van der Waals surface area contributed by atoms with E-state index in [4.69, 9.17) is 0 Å². The molecule has 1 aliphatic rings. The van der Waals surface area contributed by atoms with Gasteiger partial charge in [-0.2, -0.15) is 0 Å². The zero-order valence-electron chi connectivity index (χ0n) is 20.6. The Labute approximate surface area is 202 Å². The molecule has 3 aromatic rings. The Morgan fingerprint density at radius 2 is 1.62 bits per heavy atom. The average molecular weight is 483 g/mol. The summed E-state index contributed by atoms with van der Waals surface area (Å²) in [4.78, 5) is 5.09. The molecule has 1 fully saturated rings. The number of hydrogen-bond acceptors (Lipinski definition) is 7. The predicted octanol–water partition coefficient (Wildman–Crippen LogP) is 3.55. The first kappa shape index (κ1) is 24.3. The molecule has 0 radical (unpaired) electrons. The van der Waals surface area contributed by atoms with Gasteiger partial charge in [0, 0.05) is 31.9 Å². The van der Waals surface area contributed by atoms with Crippen molar-refractivity contribution in [1.29, 1.82) is 0 Å². The van der Waals surface area contributed by atoms with Crippen molar-refractivity contribution >= 4 is 15.5 Å². The van der Waals surface area contributed by atoms with Gasteiger partial charge in [-0.05, 0) is 66.4 Å². The lowest BCUT2D eigenvalue weighted by molar-refractivity contribution is 0.135. The second kappa shape index (κ2) is 9.84. The highest BCUT2D eigenvalue weighted by molar-refractivity contribution is 7.90. The number of rotatable bonds is 7. The summed E-state index contributed by atoms with van der Waals surface area (Å²) in [6, 6.07) is 13.3. The van der Waals surface area contributed by atoms with Crippen LogP contribution in [0.4, 0.5) is 5.69 Å². The van der Waals surface area contributed by atoms with Gasteiger partial charge in [-0.25, -0.2) is 13.1 Å². The number of benzene rings is 2. The van der Waals surface area contributed by atoms with Gasteiger partial charge in [0.05, 0.1) is 10.9 Å². The average Bonchev–Trinajstić information content (AvgIpc) is 3.23. The lowest BCUT2D eigenvalue weighted by Crippen LogP contribution is -2.49. The number of nitrogens with zero attached hydrogens (tertiary/aromatic N) is 6. The van der Waals surface area contributed by atoms with Gasteiger partial charge in [0.1, 0.15) is 0 Å². The maximum atomic E-state index is 13.1. The van der Waals surface area contributed by atoms with Gasteiger partial charge in [0.2, 0.25) is 0 Å². The minimum atomic E-state index is -3.57. The summed E-state index contributed by atoms with van der Waals surface area (Å²) in [6.07, 6.45) is 0. The molecule has 1 atom stereocenters. The summed E-state index contributed by atoms with van der Waals surface area (Å²) in [5.41, 5.74) is 4.92. The van der Waals surface area contributed by atoms with E-state index in [1.807, 2.05) is 6.92 Å². The van der Waals surface area contributed by atoms with Crippen molar-refractivity contribution in [2.75, 3.05) is 31.1 Å². The lowest BCUT2D eigenvalue weighted by atomic mass is 10.00. The van der Waals surface area contributed by atoms with Crippen LogP contribution in [-0.2, 0) is 15.7 Å². The molecule has 182 valence electrons. The van der Waals surface area contributed by atoms with Crippen LogP contribution in [-0.4, -0.2) is 59.7 Å². The molecule has 0 unspecified atom stereocenters. The molecule has 0 amide bonds. The topological polar surface area (TPSA) is 84.2 Å². The van der Waals surface area contributed by atoms with Gasteiger partial charge in [-0.15, -0.1) is 5.10 Å². The predicted molar refractivity (Wildman–Crippen MR) is 133 cm³/mol. The first-order chi connectivity index (χ1) is 16.2. The van der Waals surface area contributed by atoms with Gasteiger partial charge in [-0.1, -0.05) is 43.7 Å². The normalized spacial score (nSPS) is 16.2. The molecular weight excluding hydrogens is 448 g/mol. The van der Waals surface area contributed by atoms with E-state index in [1.165, 1.54) is 21.5 Å². The molecular formula is C25H34N6O2S. The van der Waals surface area contributed by atoms with Gasteiger partial charge in [0.15, 0.2) is 21.5 Å². The van der Waals surface area contributed by atoms with Gasteiger partial charge in [0.25, 0.3) is 0 Å². The summed E-state index contributed by atoms with van der Waals surface area (Å²) in [6.45, 7) is 14.0. The van der Waals surface area contributed by atoms with E-state index < -0.39 is 9.84 Å². The van der Waals surface area contributed by atoms with E-state index in [2.05, 4.69) is 71.2 Å². The SMILES string of the molecule is Cc1ccc(S(=O)(=O)Cn2nnnc2[C@H](C(C)C)N2CCN(c3cccc(C)c3C)CC2)cc1. The smallest absolute Gasteiger partial charge is 0.198 e. The van der Waals surface area contributed by atoms with Crippen molar-refractivity contribution < 1.29 is 8.42 Å². The summed E-state index contributed by atoms with van der Waals surface area (Å²) < 4.78 is 27.6. The van der Waals surface area contributed by atoms with E-state index >= 15 is 0 Å². The quantitative estimate of drug-likeness (QED) is 0.509. The van der Waals surface area contributed by atoms with Crippen molar-refractivity contribution in [3.63, 3.8) is 0 Å². The van der Waals surface area contributed by atoms with Crippen molar-refractivity contribution in [3.05, 3.63) is 65.0 Å². The fourth-order valence-corrected chi connectivity index (χ4v) is 5.90. The van der Waals surface area contributed by atoms with Gasteiger partial charge < -0.3 is 4.90 Å². The number of sulfone groups is 1. The fraction of sp³-hybridized carbons (Fsp3) is 0.480. The molecule has 1 saturated heterocycles. The number of hydrogen-bond donors (Lipinski definition) is 0. The van der Waals surface area contributed by atoms with Crippen LogP contribution in [0.15, 0.2) is 47.4 Å². The fourth-order valence-electron chi connectivity index (χ4n) is 4.70. The van der Waals surface area contributed by atoms with E-state index in [0.717, 1.165) is 31.7 Å². The van der Waals surface area contributed by atoms with Crippen LogP contribution < -0.4 is 4.90 Å². The van der Waals surface area contributed by atoms with Crippen molar-refractivity contribution in [2.24, 2.45) is 5.92 Å². The third-order valence-corrected chi connectivity index (χ3v) is 8.33. The third kappa shape index (κ3) is 5.00. The lowest BCUT2D eigenvalue weighted by Gasteiger charge is -2.41. The minimum Gasteiger partial charge on any atom is -0.369 e. The summed E-state index contributed by atoms with van der Waals surface area (Å²) >= 11 is 0. The molecule has 8 nitrogen and oxygen atoms in total. The zero-order chi connectivity index (χ0) is 24.5. The number of aryl methyl sites for hydroxylation is 2. The first-order valence-electron chi connectivity index (χ1n) is 11.8. The highest BCUT2D eigenvalue weighted by Gasteiger charge is 2.33. The first-order valence-corrected chi connectivity index (χ1v) is 13.4. The molecule has 2 aromatic carbocycles. The van der Waals surface area contributed by atoms with E-state index in [1.54, 1.807) is 24.3 Å². The van der Waals surface area contributed by atoms with Crippen LogP contribution in [0.3, 0.4) is 0 Å².